The lowest BCUT2D eigenvalue weighted by molar-refractivity contribution is 0.409. The van der Waals surface area contributed by atoms with E-state index in [9.17, 15) is 0 Å². The summed E-state index contributed by atoms with van der Waals surface area (Å²) in [5, 5.41) is 0. The highest BCUT2D eigenvalue weighted by Gasteiger charge is 2.23. The minimum Gasteiger partial charge on any atom is -0.106 e. The minimum absolute atomic E-state index is 0.434. The maximum absolute atomic E-state index is 3.00. The van der Waals surface area contributed by atoms with E-state index in [1.807, 2.05) is 0 Å². The van der Waals surface area contributed by atoms with E-state index in [-0.39, 0.29) is 0 Å². The molecule has 1 rings (SSSR count). The van der Waals surface area contributed by atoms with Crippen LogP contribution in [0.2, 0.25) is 0 Å². The van der Waals surface area contributed by atoms with E-state index in [1.165, 1.54) is 25.7 Å². The molecule has 0 spiro atoms. The van der Waals surface area contributed by atoms with Crippen molar-refractivity contribution in [1.29, 1.82) is 0 Å². The molecule has 0 nitrogen and oxygen atoms in total. The van der Waals surface area contributed by atoms with Gasteiger partial charge in [-0.2, -0.15) is 0 Å². The van der Waals surface area contributed by atoms with E-state index in [1.54, 1.807) is 0 Å². The maximum atomic E-state index is 3.00. The Morgan fingerprint density at radius 2 is 1.31 bits per heavy atom. The monoisotopic (exact) mass is 178 g/mol. The number of allylic oxidation sites excluding steroid dienone is 4. The van der Waals surface area contributed by atoms with Crippen LogP contribution in [0.25, 0.3) is 0 Å². The first-order valence-electron chi connectivity index (χ1n) is 5.20. The summed E-state index contributed by atoms with van der Waals surface area (Å²) in [6.07, 6.45) is 14.3. The second-order valence-electron chi connectivity index (χ2n) is 3.45. The number of rotatable bonds is 4. The van der Waals surface area contributed by atoms with Gasteiger partial charge < -0.3 is 0 Å². The molecule has 0 heteroatoms. The van der Waals surface area contributed by atoms with Crippen molar-refractivity contribution in [1.82, 2.24) is 0 Å². The van der Waals surface area contributed by atoms with Gasteiger partial charge in [-0.1, -0.05) is 51.0 Å². The van der Waals surface area contributed by atoms with Crippen molar-refractivity contribution in [2.45, 2.75) is 39.5 Å². The van der Waals surface area contributed by atoms with Gasteiger partial charge >= 0.3 is 0 Å². The molecule has 0 N–H and O–H groups in total. The summed E-state index contributed by atoms with van der Waals surface area (Å²) in [7, 11) is 0. The Balaban J connectivity index is 0.000000671. The highest BCUT2D eigenvalue weighted by Crippen LogP contribution is 2.36. The van der Waals surface area contributed by atoms with Gasteiger partial charge in [0.25, 0.3) is 0 Å². The van der Waals surface area contributed by atoms with E-state index in [0.29, 0.717) is 5.41 Å². The van der Waals surface area contributed by atoms with Crippen molar-refractivity contribution in [2.24, 2.45) is 5.41 Å². The molecule has 0 saturated heterocycles. The molecule has 0 aromatic heterocycles. The predicted molar refractivity (Wildman–Crippen MR) is 61.8 cm³/mol. The molecule has 0 heterocycles. The van der Waals surface area contributed by atoms with Crippen LogP contribution in [0.1, 0.15) is 39.5 Å². The summed E-state index contributed by atoms with van der Waals surface area (Å²) in [5.41, 5.74) is 0.434. The third-order valence-corrected chi connectivity index (χ3v) is 2.40. The summed E-state index contributed by atoms with van der Waals surface area (Å²) >= 11 is 0. The lowest BCUT2D eigenvalue weighted by Gasteiger charge is -2.23. The SMILES string of the molecule is C=C.CCCC1(CCC)C=CC=C1. The quantitative estimate of drug-likeness (QED) is 0.556. The first kappa shape index (κ1) is 12.2. The molecule has 74 valence electrons. The van der Waals surface area contributed by atoms with Gasteiger partial charge in [-0.05, 0) is 12.8 Å². The first-order valence-corrected chi connectivity index (χ1v) is 5.20. The van der Waals surface area contributed by atoms with Crippen molar-refractivity contribution in [3.8, 4) is 0 Å². The van der Waals surface area contributed by atoms with Crippen LogP contribution in [0.4, 0.5) is 0 Å². The highest BCUT2D eigenvalue weighted by atomic mass is 14.3. The van der Waals surface area contributed by atoms with Crippen molar-refractivity contribution in [3.63, 3.8) is 0 Å². The lowest BCUT2D eigenvalue weighted by Crippen LogP contribution is -2.11. The molecule has 0 aliphatic heterocycles. The molecule has 1 aliphatic rings. The smallest absolute Gasteiger partial charge is 0.00669 e. The maximum Gasteiger partial charge on any atom is 0.00669 e. The predicted octanol–water partition coefficient (Wildman–Crippen LogP) is 4.50. The lowest BCUT2D eigenvalue weighted by atomic mass is 9.81. The summed E-state index contributed by atoms with van der Waals surface area (Å²) in [5.74, 6) is 0. The molecular weight excluding hydrogens is 156 g/mol. The molecule has 13 heavy (non-hydrogen) atoms. The largest absolute Gasteiger partial charge is 0.106 e. The average molecular weight is 178 g/mol. The highest BCUT2D eigenvalue weighted by molar-refractivity contribution is 5.24. The Bertz CT molecular complexity index is 154. The van der Waals surface area contributed by atoms with E-state index in [2.05, 4.69) is 51.3 Å². The summed E-state index contributed by atoms with van der Waals surface area (Å²) in [6.45, 7) is 10.5. The van der Waals surface area contributed by atoms with Gasteiger partial charge in [-0.15, -0.1) is 13.2 Å². The van der Waals surface area contributed by atoms with Crippen molar-refractivity contribution >= 4 is 0 Å². The fraction of sp³-hybridized carbons (Fsp3) is 0.538. The standard InChI is InChI=1S/C11H18.C2H4/c1-3-7-11(8-4-2)9-5-6-10-11;1-2/h5-6,9-10H,3-4,7-8H2,1-2H3;1-2H2. The second-order valence-corrected chi connectivity index (χ2v) is 3.45. The zero-order valence-corrected chi connectivity index (χ0v) is 9.05. The van der Waals surface area contributed by atoms with Crippen LogP contribution in [0.15, 0.2) is 37.5 Å². The fourth-order valence-corrected chi connectivity index (χ4v) is 1.94. The molecule has 0 fully saturated rings. The van der Waals surface area contributed by atoms with Gasteiger partial charge in [0.2, 0.25) is 0 Å². The van der Waals surface area contributed by atoms with Crippen LogP contribution in [-0.4, -0.2) is 0 Å². The van der Waals surface area contributed by atoms with Crippen molar-refractivity contribution in [3.05, 3.63) is 37.5 Å². The normalized spacial score (nSPS) is 16.8. The molecule has 0 atom stereocenters. The zero-order chi connectivity index (χ0) is 10.2. The van der Waals surface area contributed by atoms with Crippen LogP contribution >= 0.6 is 0 Å². The first-order chi connectivity index (χ1) is 6.33. The van der Waals surface area contributed by atoms with Gasteiger partial charge in [0.15, 0.2) is 0 Å². The second kappa shape index (κ2) is 6.71. The van der Waals surface area contributed by atoms with Crippen LogP contribution in [0.5, 0.6) is 0 Å². The molecule has 0 saturated carbocycles. The number of hydrogen-bond acceptors (Lipinski definition) is 0. The molecule has 0 unspecified atom stereocenters. The van der Waals surface area contributed by atoms with E-state index >= 15 is 0 Å². The summed E-state index contributed by atoms with van der Waals surface area (Å²) in [6, 6.07) is 0. The molecule has 0 radical (unpaired) electrons. The van der Waals surface area contributed by atoms with Gasteiger partial charge in [-0.25, -0.2) is 0 Å². The van der Waals surface area contributed by atoms with Gasteiger partial charge in [0.05, 0.1) is 0 Å². The van der Waals surface area contributed by atoms with Crippen molar-refractivity contribution in [2.75, 3.05) is 0 Å². The topological polar surface area (TPSA) is 0 Å². The molecular formula is C13H22. The Morgan fingerprint density at radius 3 is 1.62 bits per heavy atom. The minimum atomic E-state index is 0.434. The zero-order valence-electron chi connectivity index (χ0n) is 9.05. The summed E-state index contributed by atoms with van der Waals surface area (Å²) < 4.78 is 0. The van der Waals surface area contributed by atoms with Crippen LogP contribution in [-0.2, 0) is 0 Å². The van der Waals surface area contributed by atoms with Gasteiger partial charge in [0.1, 0.15) is 0 Å². The van der Waals surface area contributed by atoms with Crippen LogP contribution < -0.4 is 0 Å². The molecule has 1 aliphatic carbocycles. The van der Waals surface area contributed by atoms with E-state index in [0.717, 1.165) is 0 Å². The Kier molecular flexibility index (Phi) is 6.30. The Morgan fingerprint density at radius 1 is 0.923 bits per heavy atom. The Hall–Kier alpha value is -0.780. The van der Waals surface area contributed by atoms with Crippen LogP contribution in [0.3, 0.4) is 0 Å². The molecule has 0 aromatic rings. The van der Waals surface area contributed by atoms with Gasteiger partial charge in [-0.3, -0.25) is 0 Å². The molecule has 0 aromatic carbocycles. The number of hydrogen-bond donors (Lipinski definition) is 0. The van der Waals surface area contributed by atoms with Crippen molar-refractivity contribution < 1.29 is 0 Å². The van der Waals surface area contributed by atoms with Gasteiger partial charge in [0, 0.05) is 5.41 Å². The van der Waals surface area contributed by atoms with E-state index in [4.69, 9.17) is 0 Å². The summed E-state index contributed by atoms with van der Waals surface area (Å²) in [4.78, 5) is 0. The molecule has 0 amide bonds. The third-order valence-electron chi connectivity index (χ3n) is 2.40. The average Bonchev–Trinajstić information content (AvgIpc) is 2.58. The molecule has 0 bridgehead atoms. The van der Waals surface area contributed by atoms with Crippen LogP contribution in [0, 0.1) is 5.41 Å². The van der Waals surface area contributed by atoms with E-state index < -0.39 is 0 Å². The third kappa shape index (κ3) is 3.63. The Labute approximate surface area is 83.0 Å². The fourth-order valence-electron chi connectivity index (χ4n) is 1.94.